The van der Waals surface area contributed by atoms with E-state index in [1.54, 1.807) is 0 Å². The van der Waals surface area contributed by atoms with Crippen molar-refractivity contribution in [2.45, 2.75) is 84.3 Å². The van der Waals surface area contributed by atoms with Gasteiger partial charge in [0.2, 0.25) is 0 Å². The number of carbonyl (C=O) groups is 1. The van der Waals surface area contributed by atoms with Crippen LogP contribution in [0.1, 0.15) is 82.5 Å². The number of aliphatic hydroxyl groups is 1. The first kappa shape index (κ1) is 20.4. The first-order valence-corrected chi connectivity index (χ1v) is 10.9. The quantitative estimate of drug-likeness (QED) is 0.632. The molecule has 2 aliphatic carbocycles. The fourth-order valence-electron chi connectivity index (χ4n) is 5.95. The fraction of sp³-hybridized carbons (Fsp3) is 0.708. The second-order valence-electron chi connectivity index (χ2n) is 9.26. The Morgan fingerprint density at radius 1 is 1.19 bits per heavy atom. The zero-order valence-electron chi connectivity index (χ0n) is 17.2. The number of hydrogen-bond acceptors (Lipinski definition) is 3. The minimum absolute atomic E-state index is 0.0612. The maximum Gasteiger partial charge on any atom is 0.338 e. The van der Waals surface area contributed by atoms with Gasteiger partial charge in [-0.3, -0.25) is 0 Å². The lowest BCUT2D eigenvalue weighted by Gasteiger charge is -2.46. The van der Waals surface area contributed by atoms with Gasteiger partial charge in [0.15, 0.2) is 0 Å². The standard InChI is InChI=1S/C24H36O3/c1-17(9-7-10-18(2)25)20-14-15-21-22(13-8-16-24(20,21)3)27-23(26)19-11-5-4-6-12-19/h4-6,11-12,17-18,20-22,25H,7-10,13-16H2,1-3H3/t17-,18-,20-,21+,22+,24-/m1/s1. The molecule has 0 unspecified atom stereocenters. The minimum Gasteiger partial charge on any atom is -0.458 e. The lowest BCUT2D eigenvalue weighted by atomic mass is 9.61. The van der Waals surface area contributed by atoms with Gasteiger partial charge >= 0.3 is 5.97 Å². The molecule has 150 valence electrons. The van der Waals surface area contributed by atoms with E-state index in [0.717, 1.165) is 25.7 Å². The fourth-order valence-corrected chi connectivity index (χ4v) is 5.95. The largest absolute Gasteiger partial charge is 0.458 e. The predicted octanol–water partition coefficient (Wildman–Crippen LogP) is 5.62. The van der Waals surface area contributed by atoms with Gasteiger partial charge in [-0.1, -0.05) is 44.9 Å². The number of carbonyl (C=O) groups excluding carboxylic acids is 1. The Morgan fingerprint density at radius 3 is 2.63 bits per heavy atom. The van der Waals surface area contributed by atoms with Crippen LogP contribution in [0.25, 0.3) is 0 Å². The van der Waals surface area contributed by atoms with Crippen molar-refractivity contribution in [2.75, 3.05) is 0 Å². The number of esters is 1. The number of rotatable bonds is 7. The van der Waals surface area contributed by atoms with E-state index in [4.69, 9.17) is 4.74 Å². The normalized spacial score (nSPS) is 32.5. The molecule has 2 aliphatic rings. The predicted molar refractivity (Wildman–Crippen MR) is 109 cm³/mol. The molecule has 0 spiro atoms. The highest BCUT2D eigenvalue weighted by atomic mass is 16.5. The lowest BCUT2D eigenvalue weighted by molar-refractivity contribution is -0.0474. The van der Waals surface area contributed by atoms with Crippen molar-refractivity contribution in [2.24, 2.45) is 23.2 Å². The van der Waals surface area contributed by atoms with Crippen molar-refractivity contribution < 1.29 is 14.6 Å². The van der Waals surface area contributed by atoms with Gasteiger partial charge in [0.05, 0.1) is 11.7 Å². The summed E-state index contributed by atoms with van der Waals surface area (Å²) in [5.74, 6) is 1.69. The Morgan fingerprint density at radius 2 is 1.93 bits per heavy atom. The lowest BCUT2D eigenvalue weighted by Crippen LogP contribution is -2.43. The molecule has 27 heavy (non-hydrogen) atoms. The maximum absolute atomic E-state index is 12.6. The van der Waals surface area contributed by atoms with Crippen molar-refractivity contribution in [1.29, 1.82) is 0 Å². The van der Waals surface area contributed by atoms with Crippen LogP contribution in [0.5, 0.6) is 0 Å². The van der Waals surface area contributed by atoms with Crippen molar-refractivity contribution >= 4 is 5.97 Å². The Hall–Kier alpha value is -1.35. The summed E-state index contributed by atoms with van der Waals surface area (Å²) in [7, 11) is 0. The van der Waals surface area contributed by atoms with Crippen LogP contribution in [-0.2, 0) is 4.74 Å². The topological polar surface area (TPSA) is 46.5 Å². The first-order valence-electron chi connectivity index (χ1n) is 10.9. The van der Waals surface area contributed by atoms with Crippen LogP contribution >= 0.6 is 0 Å². The summed E-state index contributed by atoms with van der Waals surface area (Å²) in [6, 6.07) is 9.39. The van der Waals surface area contributed by atoms with Crippen LogP contribution in [0.3, 0.4) is 0 Å². The first-order chi connectivity index (χ1) is 12.9. The van der Waals surface area contributed by atoms with E-state index in [2.05, 4.69) is 13.8 Å². The number of benzene rings is 1. The van der Waals surface area contributed by atoms with Gasteiger partial charge in [-0.2, -0.15) is 0 Å². The summed E-state index contributed by atoms with van der Waals surface area (Å²) >= 11 is 0. The van der Waals surface area contributed by atoms with Gasteiger partial charge in [0, 0.05) is 5.92 Å². The second kappa shape index (κ2) is 8.77. The molecule has 0 aliphatic heterocycles. The molecule has 2 saturated carbocycles. The number of fused-ring (bicyclic) bond motifs is 1. The van der Waals surface area contributed by atoms with Crippen LogP contribution in [0.15, 0.2) is 30.3 Å². The molecule has 1 N–H and O–H groups in total. The highest BCUT2D eigenvalue weighted by Gasteiger charge is 2.53. The van der Waals surface area contributed by atoms with Crippen LogP contribution in [-0.4, -0.2) is 23.3 Å². The van der Waals surface area contributed by atoms with E-state index in [0.29, 0.717) is 23.3 Å². The molecule has 2 fully saturated rings. The van der Waals surface area contributed by atoms with E-state index in [9.17, 15) is 9.90 Å². The zero-order valence-corrected chi connectivity index (χ0v) is 17.2. The van der Waals surface area contributed by atoms with E-state index >= 15 is 0 Å². The molecule has 0 amide bonds. The third-order valence-electron chi connectivity index (χ3n) is 7.37. The van der Waals surface area contributed by atoms with Crippen LogP contribution < -0.4 is 0 Å². The summed E-state index contributed by atoms with van der Waals surface area (Å²) < 4.78 is 6.03. The summed E-state index contributed by atoms with van der Waals surface area (Å²) in [5.41, 5.74) is 0.940. The molecule has 0 bridgehead atoms. The van der Waals surface area contributed by atoms with E-state index < -0.39 is 0 Å². The Kier molecular flexibility index (Phi) is 6.62. The molecule has 3 heteroatoms. The van der Waals surface area contributed by atoms with Gasteiger partial charge < -0.3 is 9.84 Å². The van der Waals surface area contributed by atoms with Crippen molar-refractivity contribution in [3.05, 3.63) is 35.9 Å². The molecule has 3 nitrogen and oxygen atoms in total. The second-order valence-corrected chi connectivity index (χ2v) is 9.26. The highest BCUT2D eigenvalue weighted by Crippen LogP contribution is 2.58. The molecule has 3 rings (SSSR count). The minimum atomic E-state index is -0.194. The molecule has 0 aromatic heterocycles. The number of hydrogen-bond donors (Lipinski definition) is 1. The third-order valence-corrected chi connectivity index (χ3v) is 7.37. The van der Waals surface area contributed by atoms with Crippen molar-refractivity contribution in [3.63, 3.8) is 0 Å². The average Bonchev–Trinajstić information content (AvgIpc) is 3.00. The number of aliphatic hydroxyl groups excluding tert-OH is 1. The Labute approximate surface area is 164 Å². The van der Waals surface area contributed by atoms with Crippen molar-refractivity contribution in [1.82, 2.24) is 0 Å². The number of ether oxygens (including phenoxy) is 1. The monoisotopic (exact) mass is 372 g/mol. The van der Waals surface area contributed by atoms with Crippen LogP contribution in [0.2, 0.25) is 0 Å². The molecule has 0 radical (unpaired) electrons. The zero-order chi connectivity index (χ0) is 19.4. The summed E-state index contributed by atoms with van der Waals surface area (Å²) in [5, 5.41) is 9.53. The smallest absolute Gasteiger partial charge is 0.338 e. The van der Waals surface area contributed by atoms with Crippen LogP contribution in [0, 0.1) is 23.2 Å². The van der Waals surface area contributed by atoms with Gasteiger partial charge in [-0.05, 0) is 74.8 Å². The van der Waals surface area contributed by atoms with E-state index in [1.165, 1.54) is 25.7 Å². The van der Waals surface area contributed by atoms with Gasteiger partial charge in [0.25, 0.3) is 0 Å². The molecule has 0 saturated heterocycles. The maximum atomic E-state index is 12.6. The van der Waals surface area contributed by atoms with Crippen molar-refractivity contribution in [3.8, 4) is 0 Å². The Bertz CT molecular complexity index is 611. The summed E-state index contributed by atoms with van der Waals surface area (Å²) in [4.78, 5) is 12.6. The van der Waals surface area contributed by atoms with Gasteiger partial charge in [0.1, 0.15) is 6.10 Å². The van der Waals surface area contributed by atoms with Crippen LogP contribution in [0.4, 0.5) is 0 Å². The van der Waals surface area contributed by atoms with Gasteiger partial charge in [-0.25, -0.2) is 4.79 Å². The summed E-state index contributed by atoms with van der Waals surface area (Å²) in [6.45, 7) is 6.72. The molecule has 1 aromatic carbocycles. The molecular formula is C24H36O3. The van der Waals surface area contributed by atoms with E-state index in [1.807, 2.05) is 37.3 Å². The third kappa shape index (κ3) is 4.56. The molecule has 1 aromatic rings. The molecular weight excluding hydrogens is 336 g/mol. The summed E-state index contributed by atoms with van der Waals surface area (Å²) in [6.07, 6.45) is 8.88. The van der Waals surface area contributed by atoms with Gasteiger partial charge in [-0.15, -0.1) is 0 Å². The average molecular weight is 373 g/mol. The Balaban J connectivity index is 1.64. The van der Waals surface area contributed by atoms with E-state index in [-0.39, 0.29) is 23.6 Å². The molecule has 6 atom stereocenters. The SMILES string of the molecule is C[C@H](CCC[C@@H](C)O)[C@H]1CC[C@H]2[C@@H](OC(=O)c3ccccc3)CCC[C@]12C. The highest BCUT2D eigenvalue weighted by molar-refractivity contribution is 5.89. The molecule has 0 heterocycles.